The average molecular weight is 301 g/mol. The summed E-state index contributed by atoms with van der Waals surface area (Å²) in [5.74, 6) is 0.421. The molecule has 22 heavy (non-hydrogen) atoms. The molecule has 2 atom stereocenters. The number of aliphatic hydroxyl groups excluding tert-OH is 2. The summed E-state index contributed by atoms with van der Waals surface area (Å²) in [6.45, 7) is 4.04. The standard InChI is InChI=1S/C16H24BN3O2/c1-16(13-9-20(10-13)8-11(6-18)7-19)14(21)3-2-12(4-5-17)15(16)22/h2-3,6-7,13-14,18,21-22H,4-5,8-10,19H2,1H3/b11-7+,18-6?. The maximum absolute atomic E-state index is 10.6. The molecule has 1 saturated heterocycles. The molecular formula is C16H24BN3O2. The fourth-order valence-electron chi connectivity index (χ4n) is 3.25. The van der Waals surface area contributed by atoms with Gasteiger partial charge in [0.15, 0.2) is 0 Å². The van der Waals surface area contributed by atoms with Crippen molar-refractivity contribution in [2.45, 2.75) is 25.8 Å². The van der Waals surface area contributed by atoms with Gasteiger partial charge in [-0.05, 0) is 36.6 Å². The number of nitrogens with zero attached hydrogens (tertiary/aromatic N) is 1. The van der Waals surface area contributed by atoms with Crippen LogP contribution in [0.5, 0.6) is 0 Å². The molecule has 5 nitrogen and oxygen atoms in total. The summed E-state index contributed by atoms with van der Waals surface area (Å²) in [6, 6.07) is 0. The first-order valence-electron chi connectivity index (χ1n) is 7.59. The van der Waals surface area contributed by atoms with Crippen LogP contribution in [0.3, 0.4) is 0 Å². The number of allylic oxidation sites excluding steroid dienone is 2. The van der Waals surface area contributed by atoms with Crippen molar-refractivity contribution < 1.29 is 10.2 Å². The highest BCUT2D eigenvalue weighted by Gasteiger charge is 2.50. The number of hydrogen-bond acceptors (Lipinski definition) is 5. The quantitative estimate of drug-likeness (QED) is 0.437. The lowest BCUT2D eigenvalue weighted by molar-refractivity contribution is -0.0503. The minimum absolute atomic E-state index is 0.157. The van der Waals surface area contributed by atoms with Crippen LogP contribution in [0.15, 0.2) is 35.3 Å². The summed E-state index contributed by atoms with van der Waals surface area (Å²) < 4.78 is 0. The lowest BCUT2D eigenvalue weighted by atomic mass is 9.64. The molecule has 1 heterocycles. The van der Waals surface area contributed by atoms with Gasteiger partial charge in [0.2, 0.25) is 0 Å². The Morgan fingerprint density at radius 2 is 2.27 bits per heavy atom. The summed E-state index contributed by atoms with van der Waals surface area (Å²) in [7, 11) is 5.59. The first kappa shape index (κ1) is 16.8. The fourth-order valence-corrected chi connectivity index (χ4v) is 3.25. The minimum atomic E-state index is -0.701. The average Bonchev–Trinajstić information content (AvgIpc) is 2.47. The van der Waals surface area contributed by atoms with Crippen molar-refractivity contribution in [1.82, 2.24) is 4.90 Å². The molecule has 0 bridgehead atoms. The Bertz CT molecular complexity index is 523. The van der Waals surface area contributed by atoms with E-state index in [0.29, 0.717) is 19.3 Å². The first-order valence-corrected chi connectivity index (χ1v) is 7.59. The zero-order valence-electron chi connectivity index (χ0n) is 13.0. The van der Waals surface area contributed by atoms with Crippen LogP contribution in [0.4, 0.5) is 0 Å². The maximum Gasteiger partial charge on any atom is 0.105 e. The van der Waals surface area contributed by atoms with Gasteiger partial charge < -0.3 is 21.4 Å². The molecule has 6 heteroatoms. The van der Waals surface area contributed by atoms with Gasteiger partial charge in [0, 0.05) is 25.8 Å². The largest absolute Gasteiger partial charge is 0.511 e. The molecule has 5 N–H and O–H groups in total. The highest BCUT2D eigenvalue weighted by Crippen LogP contribution is 2.46. The second kappa shape index (κ2) is 6.71. The van der Waals surface area contributed by atoms with Gasteiger partial charge in [0.25, 0.3) is 0 Å². The van der Waals surface area contributed by atoms with Gasteiger partial charge in [-0.1, -0.05) is 18.5 Å². The number of nitrogens with one attached hydrogen (secondary N) is 1. The van der Waals surface area contributed by atoms with Gasteiger partial charge in [0.1, 0.15) is 5.76 Å². The van der Waals surface area contributed by atoms with E-state index in [0.717, 1.165) is 24.2 Å². The zero-order valence-corrected chi connectivity index (χ0v) is 13.0. The Morgan fingerprint density at radius 1 is 1.59 bits per heavy atom. The van der Waals surface area contributed by atoms with Gasteiger partial charge in [-0.3, -0.25) is 4.90 Å². The zero-order chi connectivity index (χ0) is 16.3. The Hall–Kier alpha value is -1.53. The smallest absolute Gasteiger partial charge is 0.105 e. The Balaban J connectivity index is 2.08. The predicted molar refractivity (Wildman–Crippen MR) is 89.1 cm³/mol. The summed E-state index contributed by atoms with van der Waals surface area (Å²) >= 11 is 0. The Kier molecular flexibility index (Phi) is 5.14. The lowest BCUT2D eigenvalue weighted by Crippen LogP contribution is -2.58. The third-order valence-corrected chi connectivity index (χ3v) is 4.93. The van der Waals surface area contributed by atoms with Crippen LogP contribution < -0.4 is 5.73 Å². The molecule has 2 aliphatic rings. The molecule has 1 fully saturated rings. The van der Waals surface area contributed by atoms with E-state index in [4.69, 9.17) is 19.0 Å². The molecule has 1 aliphatic carbocycles. The summed E-state index contributed by atoms with van der Waals surface area (Å²) in [5.41, 5.74) is 6.36. The summed E-state index contributed by atoms with van der Waals surface area (Å²) in [6.07, 6.45) is 6.59. The van der Waals surface area contributed by atoms with E-state index in [1.54, 1.807) is 12.2 Å². The van der Waals surface area contributed by atoms with Crippen molar-refractivity contribution in [2.75, 3.05) is 19.6 Å². The van der Waals surface area contributed by atoms with Gasteiger partial charge in [0.05, 0.1) is 19.4 Å². The molecule has 0 amide bonds. The molecule has 2 radical (unpaired) electrons. The fraction of sp³-hybridized carbons (Fsp3) is 0.562. The van der Waals surface area contributed by atoms with E-state index in [1.807, 2.05) is 6.92 Å². The highest BCUT2D eigenvalue weighted by atomic mass is 16.3. The maximum atomic E-state index is 10.6. The van der Waals surface area contributed by atoms with Crippen LogP contribution in [0.25, 0.3) is 0 Å². The van der Waals surface area contributed by atoms with Crippen molar-refractivity contribution in [2.24, 2.45) is 17.1 Å². The molecule has 0 saturated carbocycles. The third-order valence-electron chi connectivity index (χ3n) is 4.93. The summed E-state index contributed by atoms with van der Waals surface area (Å²) in [5, 5.41) is 28.3. The van der Waals surface area contributed by atoms with Crippen molar-refractivity contribution in [3.8, 4) is 0 Å². The van der Waals surface area contributed by atoms with Crippen LogP contribution in [-0.2, 0) is 0 Å². The van der Waals surface area contributed by atoms with Crippen LogP contribution in [-0.4, -0.2) is 54.9 Å². The molecule has 0 aromatic carbocycles. The van der Waals surface area contributed by atoms with Crippen molar-refractivity contribution in [3.05, 3.63) is 35.3 Å². The lowest BCUT2D eigenvalue weighted by Gasteiger charge is -2.51. The highest BCUT2D eigenvalue weighted by molar-refractivity contribution is 6.08. The summed E-state index contributed by atoms with van der Waals surface area (Å²) in [4.78, 5) is 2.15. The molecule has 2 unspecified atom stereocenters. The molecule has 2 rings (SSSR count). The number of aliphatic hydroxyl groups is 2. The topological polar surface area (TPSA) is 93.6 Å². The van der Waals surface area contributed by atoms with Crippen molar-refractivity contribution in [1.29, 1.82) is 5.41 Å². The van der Waals surface area contributed by atoms with Gasteiger partial charge in [-0.25, -0.2) is 0 Å². The molecule has 118 valence electrons. The van der Waals surface area contributed by atoms with Gasteiger partial charge in [-0.2, -0.15) is 0 Å². The predicted octanol–water partition coefficient (Wildman–Crippen LogP) is 1.14. The van der Waals surface area contributed by atoms with Gasteiger partial charge >= 0.3 is 0 Å². The number of hydrogen-bond donors (Lipinski definition) is 4. The van der Waals surface area contributed by atoms with Gasteiger partial charge in [-0.15, -0.1) is 0 Å². The van der Waals surface area contributed by atoms with Crippen LogP contribution in [0.2, 0.25) is 6.32 Å². The second-order valence-electron chi connectivity index (χ2n) is 6.28. The van der Waals surface area contributed by atoms with E-state index in [9.17, 15) is 10.2 Å². The number of rotatable bonds is 6. The molecule has 0 spiro atoms. The molecular weight excluding hydrogens is 277 g/mol. The van der Waals surface area contributed by atoms with E-state index in [-0.39, 0.29) is 11.7 Å². The molecule has 0 aromatic heterocycles. The van der Waals surface area contributed by atoms with Crippen molar-refractivity contribution in [3.63, 3.8) is 0 Å². The molecule has 1 aliphatic heterocycles. The Labute approximate surface area is 133 Å². The third kappa shape index (κ3) is 2.85. The van der Waals surface area contributed by atoms with Crippen LogP contribution >= 0.6 is 0 Å². The van der Waals surface area contributed by atoms with E-state index in [2.05, 4.69) is 4.90 Å². The van der Waals surface area contributed by atoms with Crippen LogP contribution in [0, 0.1) is 16.7 Å². The SMILES string of the molecule is [B]CCC1=C(O)C(C)(C2CN(C/C(C=N)=C/N)C2)C(O)C=C1. The minimum Gasteiger partial charge on any atom is -0.511 e. The van der Waals surface area contributed by atoms with Crippen LogP contribution in [0.1, 0.15) is 13.3 Å². The van der Waals surface area contributed by atoms with E-state index in [1.165, 1.54) is 12.4 Å². The Morgan fingerprint density at radius 3 is 2.82 bits per heavy atom. The molecule has 0 aromatic rings. The van der Waals surface area contributed by atoms with Crippen molar-refractivity contribution >= 4 is 14.1 Å². The number of likely N-dealkylation sites (tertiary alicyclic amines) is 1. The normalized spacial score (nSPS) is 30.5. The monoisotopic (exact) mass is 301 g/mol. The second-order valence-corrected chi connectivity index (χ2v) is 6.28. The first-order chi connectivity index (χ1) is 10.5. The van der Waals surface area contributed by atoms with E-state index >= 15 is 0 Å². The number of nitrogens with two attached hydrogens (primary N) is 1. The van der Waals surface area contributed by atoms with E-state index < -0.39 is 11.5 Å².